The molecule has 9 heteroatoms. The monoisotopic (exact) mass is 467 g/mol. The quantitative estimate of drug-likeness (QED) is 0.542. The second kappa shape index (κ2) is 9.19. The van der Waals surface area contributed by atoms with Gasteiger partial charge in [-0.05, 0) is 67.6 Å². The average Bonchev–Trinajstić information content (AvgIpc) is 3.48. The van der Waals surface area contributed by atoms with E-state index in [1.165, 1.54) is 4.90 Å². The Morgan fingerprint density at radius 3 is 2.33 bits per heavy atom. The number of nitrogens with zero attached hydrogens (tertiary/aromatic N) is 2. The number of aromatic nitrogens is 1. The SMILES string of the molecule is Cc1cc(N(C)C(=O)c2ccc(NC(=O)Cc3ccc(S(=O)(=O)CC4CC4)cc3)cc2)no1. The Labute approximate surface area is 192 Å². The van der Waals surface area contributed by atoms with Crippen LogP contribution in [0.4, 0.5) is 11.5 Å². The lowest BCUT2D eigenvalue weighted by molar-refractivity contribution is -0.115. The Morgan fingerprint density at radius 1 is 1.09 bits per heavy atom. The summed E-state index contributed by atoms with van der Waals surface area (Å²) in [6.45, 7) is 1.75. The zero-order valence-corrected chi connectivity index (χ0v) is 19.3. The van der Waals surface area contributed by atoms with Gasteiger partial charge in [0.15, 0.2) is 15.7 Å². The van der Waals surface area contributed by atoms with E-state index in [-0.39, 0.29) is 29.9 Å². The van der Waals surface area contributed by atoms with Crippen LogP contribution in [0.5, 0.6) is 0 Å². The minimum atomic E-state index is -3.27. The maximum absolute atomic E-state index is 12.6. The molecular formula is C24H25N3O5S. The molecule has 1 aliphatic rings. The summed E-state index contributed by atoms with van der Waals surface area (Å²) in [7, 11) is -1.66. The van der Waals surface area contributed by atoms with Crippen molar-refractivity contribution in [1.29, 1.82) is 0 Å². The molecule has 33 heavy (non-hydrogen) atoms. The minimum absolute atomic E-state index is 0.109. The fraction of sp³-hybridized carbons (Fsp3) is 0.292. The first-order chi connectivity index (χ1) is 15.7. The Bertz CT molecular complexity index is 1260. The average molecular weight is 468 g/mol. The molecule has 0 atom stereocenters. The number of aryl methyl sites for hydroxylation is 1. The number of hydrogen-bond acceptors (Lipinski definition) is 6. The van der Waals surface area contributed by atoms with Gasteiger partial charge in [-0.25, -0.2) is 8.42 Å². The Hall–Kier alpha value is -3.46. The van der Waals surface area contributed by atoms with Crippen LogP contribution in [-0.4, -0.2) is 38.2 Å². The summed E-state index contributed by atoms with van der Waals surface area (Å²) in [5.74, 6) is 1.02. The lowest BCUT2D eigenvalue weighted by atomic mass is 10.1. The summed E-state index contributed by atoms with van der Waals surface area (Å²) in [6.07, 6.45) is 2.06. The van der Waals surface area contributed by atoms with Crippen LogP contribution in [0.2, 0.25) is 0 Å². The smallest absolute Gasteiger partial charge is 0.259 e. The van der Waals surface area contributed by atoms with E-state index in [2.05, 4.69) is 10.5 Å². The minimum Gasteiger partial charge on any atom is -0.360 e. The lowest BCUT2D eigenvalue weighted by Crippen LogP contribution is -2.26. The Balaban J connectivity index is 1.33. The highest BCUT2D eigenvalue weighted by molar-refractivity contribution is 7.91. The van der Waals surface area contributed by atoms with Crippen molar-refractivity contribution in [3.05, 3.63) is 71.5 Å². The number of sulfone groups is 1. The van der Waals surface area contributed by atoms with E-state index in [0.29, 0.717) is 33.3 Å². The van der Waals surface area contributed by atoms with Gasteiger partial charge < -0.3 is 9.84 Å². The molecule has 1 aromatic heterocycles. The van der Waals surface area contributed by atoms with Crippen LogP contribution in [-0.2, 0) is 21.1 Å². The summed E-state index contributed by atoms with van der Waals surface area (Å²) in [6, 6.07) is 14.7. The molecule has 2 aromatic carbocycles. The first-order valence-corrected chi connectivity index (χ1v) is 12.3. The van der Waals surface area contributed by atoms with Gasteiger partial charge in [-0.2, -0.15) is 0 Å². The van der Waals surface area contributed by atoms with E-state index in [0.717, 1.165) is 12.8 Å². The molecule has 2 amide bonds. The number of rotatable bonds is 8. The molecule has 0 radical (unpaired) electrons. The van der Waals surface area contributed by atoms with Crippen LogP contribution in [0.15, 0.2) is 64.0 Å². The third kappa shape index (κ3) is 5.67. The zero-order valence-electron chi connectivity index (χ0n) is 18.4. The van der Waals surface area contributed by atoms with E-state index < -0.39 is 9.84 Å². The van der Waals surface area contributed by atoms with Crippen molar-refractivity contribution < 1.29 is 22.5 Å². The molecule has 0 bridgehead atoms. The van der Waals surface area contributed by atoms with Crippen LogP contribution in [0.25, 0.3) is 0 Å². The van der Waals surface area contributed by atoms with E-state index in [9.17, 15) is 18.0 Å². The van der Waals surface area contributed by atoms with Gasteiger partial charge in [0.25, 0.3) is 5.91 Å². The Morgan fingerprint density at radius 2 is 1.76 bits per heavy atom. The molecular weight excluding hydrogens is 442 g/mol. The fourth-order valence-corrected chi connectivity index (χ4v) is 5.10. The van der Waals surface area contributed by atoms with Gasteiger partial charge in [0, 0.05) is 24.4 Å². The first-order valence-electron chi connectivity index (χ1n) is 10.6. The highest BCUT2D eigenvalue weighted by Gasteiger charge is 2.29. The van der Waals surface area contributed by atoms with Crippen molar-refractivity contribution in [2.75, 3.05) is 23.0 Å². The highest BCUT2D eigenvalue weighted by atomic mass is 32.2. The number of benzene rings is 2. The van der Waals surface area contributed by atoms with E-state index >= 15 is 0 Å². The predicted octanol–water partition coefficient (Wildman–Crippen LogP) is 3.62. The van der Waals surface area contributed by atoms with E-state index in [1.54, 1.807) is 68.6 Å². The van der Waals surface area contributed by atoms with Crippen molar-refractivity contribution in [2.24, 2.45) is 5.92 Å². The predicted molar refractivity (Wildman–Crippen MR) is 124 cm³/mol. The summed E-state index contributed by atoms with van der Waals surface area (Å²) >= 11 is 0. The molecule has 1 saturated carbocycles. The van der Waals surface area contributed by atoms with Gasteiger partial charge in [-0.3, -0.25) is 14.5 Å². The van der Waals surface area contributed by atoms with Crippen LogP contribution in [0, 0.1) is 12.8 Å². The third-order valence-corrected chi connectivity index (χ3v) is 7.38. The van der Waals surface area contributed by atoms with Gasteiger partial charge in [0.2, 0.25) is 5.91 Å². The van der Waals surface area contributed by atoms with Gasteiger partial charge in [-0.15, -0.1) is 0 Å². The molecule has 1 heterocycles. The van der Waals surface area contributed by atoms with Gasteiger partial charge in [0.1, 0.15) is 5.76 Å². The summed E-state index contributed by atoms with van der Waals surface area (Å²) in [5, 5.41) is 6.62. The lowest BCUT2D eigenvalue weighted by Gasteiger charge is -2.14. The molecule has 0 unspecified atom stereocenters. The van der Waals surface area contributed by atoms with Gasteiger partial charge in [0.05, 0.1) is 17.1 Å². The molecule has 4 rings (SSSR count). The van der Waals surface area contributed by atoms with Crippen LogP contribution >= 0.6 is 0 Å². The summed E-state index contributed by atoms with van der Waals surface area (Å²) in [4.78, 5) is 26.7. The molecule has 0 saturated heterocycles. The van der Waals surface area contributed by atoms with Crippen LogP contribution in [0.3, 0.4) is 0 Å². The molecule has 1 aliphatic carbocycles. The molecule has 3 aromatic rings. The molecule has 172 valence electrons. The van der Waals surface area contributed by atoms with Crippen molar-refractivity contribution in [2.45, 2.75) is 31.1 Å². The number of amides is 2. The number of nitrogens with one attached hydrogen (secondary N) is 1. The third-order valence-electron chi connectivity index (χ3n) is 5.48. The second-order valence-corrected chi connectivity index (χ2v) is 10.4. The normalized spacial score (nSPS) is 13.5. The second-order valence-electron chi connectivity index (χ2n) is 8.33. The zero-order chi connectivity index (χ0) is 23.6. The molecule has 8 nitrogen and oxygen atoms in total. The van der Waals surface area contributed by atoms with Crippen LogP contribution in [0.1, 0.15) is 34.5 Å². The van der Waals surface area contributed by atoms with Crippen molar-refractivity contribution in [1.82, 2.24) is 5.16 Å². The number of anilines is 2. The van der Waals surface area contributed by atoms with E-state index in [4.69, 9.17) is 4.52 Å². The summed E-state index contributed by atoms with van der Waals surface area (Å²) < 4.78 is 29.7. The number of carbonyl (C=O) groups is 2. The Kier molecular flexibility index (Phi) is 6.33. The topological polar surface area (TPSA) is 110 Å². The summed E-state index contributed by atoms with van der Waals surface area (Å²) in [5.41, 5.74) is 1.72. The van der Waals surface area contributed by atoms with E-state index in [1.807, 2.05) is 0 Å². The van der Waals surface area contributed by atoms with Crippen LogP contribution < -0.4 is 10.2 Å². The van der Waals surface area contributed by atoms with Gasteiger partial charge >= 0.3 is 0 Å². The van der Waals surface area contributed by atoms with Crippen molar-refractivity contribution in [3.8, 4) is 0 Å². The number of carbonyl (C=O) groups excluding carboxylic acids is 2. The van der Waals surface area contributed by atoms with Gasteiger partial charge in [-0.1, -0.05) is 17.3 Å². The van der Waals surface area contributed by atoms with Crippen molar-refractivity contribution in [3.63, 3.8) is 0 Å². The molecule has 1 N–H and O–H groups in total. The first kappa shape index (κ1) is 22.7. The maximum atomic E-state index is 12.6. The molecule has 0 spiro atoms. The van der Waals surface area contributed by atoms with Crippen molar-refractivity contribution >= 4 is 33.2 Å². The fourth-order valence-electron chi connectivity index (χ4n) is 3.40. The standard InChI is InChI=1S/C24H25N3O5S/c1-16-13-22(26-32-16)27(2)24(29)19-7-9-20(10-8-19)25-23(28)14-17-5-11-21(12-6-17)33(30,31)15-18-3-4-18/h5-13,18H,3-4,14-15H2,1-2H3,(H,25,28). The largest absolute Gasteiger partial charge is 0.360 e. The number of hydrogen-bond donors (Lipinski definition) is 1. The maximum Gasteiger partial charge on any atom is 0.259 e. The molecule has 0 aliphatic heterocycles. The molecule has 1 fully saturated rings. The highest BCUT2D eigenvalue weighted by Crippen LogP contribution is 2.32.